The second kappa shape index (κ2) is 15.8. The van der Waals surface area contributed by atoms with Gasteiger partial charge in [-0.15, -0.1) is 0 Å². The van der Waals surface area contributed by atoms with E-state index in [2.05, 4.69) is 36.0 Å². The summed E-state index contributed by atoms with van der Waals surface area (Å²) in [7, 11) is 0. The first kappa shape index (κ1) is 33.0. The van der Waals surface area contributed by atoms with Crippen molar-refractivity contribution in [2.75, 3.05) is 32.9 Å². The maximum atomic E-state index is 13.2. The number of carbonyl (C=O) groups excluding carboxylic acids is 1. The number of aromatic nitrogens is 1. The molecule has 0 saturated carbocycles. The lowest BCUT2D eigenvalue weighted by Gasteiger charge is -2.26. The lowest BCUT2D eigenvalue weighted by atomic mass is 9.93. The molecule has 4 aromatic carbocycles. The predicted molar refractivity (Wildman–Crippen MR) is 185 cm³/mol. The van der Waals surface area contributed by atoms with Gasteiger partial charge in [-0.3, -0.25) is 4.90 Å². The fraction of sp³-hybridized carbons (Fsp3) is 0.300. The molecule has 0 atom stereocenters. The molecule has 0 bridgehead atoms. The molecular formula is C40H42N2O6. The van der Waals surface area contributed by atoms with Gasteiger partial charge in [0.05, 0.1) is 30.9 Å². The highest BCUT2D eigenvalue weighted by molar-refractivity contribution is 6.00. The van der Waals surface area contributed by atoms with Gasteiger partial charge in [0.15, 0.2) is 11.5 Å². The van der Waals surface area contributed by atoms with E-state index >= 15 is 0 Å². The fourth-order valence-electron chi connectivity index (χ4n) is 5.80. The molecule has 48 heavy (non-hydrogen) atoms. The van der Waals surface area contributed by atoms with Crippen molar-refractivity contribution in [1.82, 2.24) is 10.1 Å². The maximum Gasteiger partial charge on any atom is 0.361 e. The fourth-order valence-corrected chi connectivity index (χ4v) is 5.80. The number of esters is 1. The first-order valence-electron chi connectivity index (χ1n) is 16.6. The van der Waals surface area contributed by atoms with Gasteiger partial charge in [0.1, 0.15) is 24.7 Å². The van der Waals surface area contributed by atoms with Crippen LogP contribution in [-0.2, 0) is 29.2 Å². The first-order chi connectivity index (χ1) is 23.5. The van der Waals surface area contributed by atoms with E-state index in [9.17, 15) is 4.79 Å². The van der Waals surface area contributed by atoms with Crippen LogP contribution in [0, 0.1) is 0 Å². The lowest BCUT2D eigenvalue weighted by Crippen LogP contribution is -2.35. The molecule has 0 unspecified atom stereocenters. The number of benzene rings is 4. The van der Waals surface area contributed by atoms with E-state index < -0.39 is 5.97 Å². The van der Waals surface area contributed by atoms with Crippen LogP contribution in [0.25, 0.3) is 22.5 Å². The van der Waals surface area contributed by atoms with Crippen LogP contribution >= 0.6 is 0 Å². The quantitative estimate of drug-likeness (QED) is 0.118. The first-order valence-corrected chi connectivity index (χ1v) is 16.6. The molecular weight excluding hydrogens is 604 g/mol. The van der Waals surface area contributed by atoms with Crippen molar-refractivity contribution < 1.29 is 28.3 Å². The van der Waals surface area contributed by atoms with Gasteiger partial charge in [0.25, 0.3) is 0 Å². The van der Waals surface area contributed by atoms with Crippen molar-refractivity contribution in [3.8, 4) is 33.9 Å². The Morgan fingerprint density at radius 1 is 0.812 bits per heavy atom. The zero-order valence-electron chi connectivity index (χ0n) is 27.8. The van der Waals surface area contributed by atoms with Gasteiger partial charge in [-0.2, -0.15) is 0 Å². The Hall–Kier alpha value is -4.92. The highest BCUT2D eigenvalue weighted by atomic mass is 16.5. The predicted octanol–water partition coefficient (Wildman–Crippen LogP) is 8.30. The molecule has 0 amide bonds. The Balaban J connectivity index is 1.43. The monoisotopic (exact) mass is 646 g/mol. The molecule has 1 saturated heterocycles. The summed E-state index contributed by atoms with van der Waals surface area (Å²) in [5, 5.41) is 4.28. The van der Waals surface area contributed by atoms with Crippen molar-refractivity contribution in [2.24, 2.45) is 0 Å². The summed E-state index contributed by atoms with van der Waals surface area (Å²) in [6, 6.07) is 32.2. The van der Waals surface area contributed by atoms with Crippen molar-refractivity contribution in [2.45, 2.75) is 46.4 Å². The summed E-state index contributed by atoms with van der Waals surface area (Å²) in [6.45, 7) is 11.1. The second-order valence-corrected chi connectivity index (χ2v) is 12.1. The van der Waals surface area contributed by atoms with Gasteiger partial charge in [-0.25, -0.2) is 4.79 Å². The SMILES string of the molecule is CCOC(=O)c1noc(-c2cc(C(C)C)c(OCc3ccccc3)cc2OCc2ccccc2)c1-c1ccc(CN2CCOCC2)cc1. The van der Waals surface area contributed by atoms with E-state index in [1.165, 1.54) is 5.56 Å². The van der Waals surface area contributed by atoms with E-state index in [0.29, 0.717) is 35.9 Å². The summed E-state index contributed by atoms with van der Waals surface area (Å²) in [4.78, 5) is 15.6. The van der Waals surface area contributed by atoms with Gasteiger partial charge in [0.2, 0.25) is 0 Å². The summed E-state index contributed by atoms with van der Waals surface area (Å²) in [6.07, 6.45) is 0. The number of ether oxygens (including phenoxy) is 4. The van der Waals surface area contributed by atoms with Crippen molar-refractivity contribution in [3.05, 3.63) is 125 Å². The zero-order valence-corrected chi connectivity index (χ0v) is 27.8. The van der Waals surface area contributed by atoms with Crippen LogP contribution in [0.5, 0.6) is 11.5 Å². The Morgan fingerprint density at radius 2 is 1.44 bits per heavy atom. The van der Waals surface area contributed by atoms with E-state index in [-0.39, 0.29) is 18.2 Å². The topological polar surface area (TPSA) is 83.3 Å². The number of hydrogen-bond donors (Lipinski definition) is 0. The molecule has 248 valence electrons. The molecule has 1 fully saturated rings. The molecule has 1 aliphatic rings. The largest absolute Gasteiger partial charge is 0.488 e. The third kappa shape index (κ3) is 7.95. The molecule has 8 heteroatoms. The van der Waals surface area contributed by atoms with Gasteiger partial charge >= 0.3 is 5.97 Å². The Labute approximate surface area is 282 Å². The maximum absolute atomic E-state index is 13.2. The van der Waals surface area contributed by atoms with Gasteiger partial charge < -0.3 is 23.5 Å². The molecule has 0 N–H and O–H groups in total. The van der Waals surface area contributed by atoms with Gasteiger partial charge in [0, 0.05) is 25.7 Å². The molecule has 0 spiro atoms. The zero-order chi connectivity index (χ0) is 33.3. The highest BCUT2D eigenvalue weighted by Gasteiger charge is 2.29. The average molecular weight is 647 g/mol. The minimum Gasteiger partial charge on any atom is -0.488 e. The molecule has 1 aromatic heterocycles. The van der Waals surface area contributed by atoms with Crippen LogP contribution in [0.15, 0.2) is 102 Å². The molecule has 1 aliphatic heterocycles. The molecule has 8 nitrogen and oxygen atoms in total. The average Bonchev–Trinajstić information content (AvgIpc) is 3.56. The van der Waals surface area contributed by atoms with Crippen molar-refractivity contribution in [3.63, 3.8) is 0 Å². The summed E-state index contributed by atoms with van der Waals surface area (Å²) < 4.78 is 29.9. The van der Waals surface area contributed by atoms with Crippen LogP contribution in [0.3, 0.4) is 0 Å². The van der Waals surface area contributed by atoms with E-state index in [4.69, 9.17) is 23.5 Å². The Kier molecular flexibility index (Phi) is 10.8. The number of nitrogens with zero attached hydrogens (tertiary/aromatic N) is 2. The van der Waals surface area contributed by atoms with E-state index in [1.54, 1.807) is 6.92 Å². The minimum atomic E-state index is -0.543. The van der Waals surface area contributed by atoms with Crippen molar-refractivity contribution in [1.29, 1.82) is 0 Å². The summed E-state index contributed by atoms with van der Waals surface area (Å²) in [5.41, 5.74) is 6.39. The standard InChI is InChI=1S/C40H42N2O6/c1-4-45-40(43)38-37(32-17-15-29(16-18-32)25-42-19-21-44-22-20-42)39(48-41-38)34-23-33(28(2)3)35(46-26-30-11-7-5-8-12-30)24-36(34)47-27-31-13-9-6-10-14-31/h5-18,23-24,28H,4,19-22,25-27H2,1-3H3. The Morgan fingerprint density at radius 3 is 2.04 bits per heavy atom. The van der Waals surface area contributed by atoms with E-state index in [0.717, 1.165) is 60.9 Å². The minimum absolute atomic E-state index is 0.119. The van der Waals surface area contributed by atoms with Crippen LogP contribution in [0.1, 0.15) is 59.4 Å². The van der Waals surface area contributed by atoms with Gasteiger partial charge in [-0.05, 0) is 46.7 Å². The van der Waals surface area contributed by atoms with Crippen LogP contribution in [0.2, 0.25) is 0 Å². The number of morpholine rings is 1. The Bertz CT molecular complexity index is 1780. The van der Waals surface area contributed by atoms with Crippen LogP contribution in [-0.4, -0.2) is 48.9 Å². The second-order valence-electron chi connectivity index (χ2n) is 12.1. The van der Waals surface area contributed by atoms with Gasteiger partial charge in [-0.1, -0.05) is 104 Å². The smallest absolute Gasteiger partial charge is 0.361 e. The molecule has 6 rings (SSSR count). The number of rotatable bonds is 13. The molecule has 0 aliphatic carbocycles. The summed E-state index contributed by atoms with van der Waals surface area (Å²) >= 11 is 0. The van der Waals surface area contributed by atoms with Crippen LogP contribution in [0.4, 0.5) is 0 Å². The lowest BCUT2D eigenvalue weighted by molar-refractivity contribution is 0.0342. The molecule has 2 heterocycles. The van der Waals surface area contributed by atoms with Crippen molar-refractivity contribution >= 4 is 5.97 Å². The molecule has 5 aromatic rings. The third-order valence-corrected chi connectivity index (χ3v) is 8.37. The highest BCUT2D eigenvalue weighted by Crippen LogP contribution is 2.44. The van der Waals surface area contributed by atoms with Crippen LogP contribution < -0.4 is 9.47 Å². The van der Waals surface area contributed by atoms with E-state index in [1.807, 2.05) is 84.9 Å². The number of carbonyl (C=O) groups is 1. The summed E-state index contributed by atoms with van der Waals surface area (Å²) in [5.74, 6) is 1.29. The third-order valence-electron chi connectivity index (χ3n) is 8.37. The number of hydrogen-bond acceptors (Lipinski definition) is 8. The normalized spacial score (nSPS) is 13.4. The molecule has 0 radical (unpaired) electrons.